The summed E-state index contributed by atoms with van der Waals surface area (Å²) in [6.07, 6.45) is 5.47. The van der Waals surface area contributed by atoms with Gasteiger partial charge in [-0.1, -0.05) is 0 Å². The van der Waals surface area contributed by atoms with Gasteiger partial charge in [0.2, 0.25) is 0 Å². The lowest BCUT2D eigenvalue weighted by Gasteiger charge is -2.27. The zero-order valence-electron chi connectivity index (χ0n) is 16.0. The van der Waals surface area contributed by atoms with Crippen molar-refractivity contribution in [2.24, 2.45) is 0 Å². The maximum absolute atomic E-state index is 13.2. The normalized spacial score (nSPS) is 16.2. The molecule has 6 nitrogen and oxygen atoms in total. The number of amides is 1. The van der Waals surface area contributed by atoms with Crippen LogP contribution in [0.5, 0.6) is 11.5 Å². The van der Waals surface area contributed by atoms with Gasteiger partial charge in [0.05, 0.1) is 25.9 Å². The smallest absolute Gasteiger partial charge is 0.254 e. The Morgan fingerprint density at radius 1 is 1.11 bits per heavy atom. The van der Waals surface area contributed by atoms with Crippen LogP contribution >= 0.6 is 0 Å². The van der Waals surface area contributed by atoms with Crippen molar-refractivity contribution in [3.05, 3.63) is 72.1 Å². The molecule has 1 amide bonds. The highest BCUT2D eigenvalue weighted by Crippen LogP contribution is 2.39. The van der Waals surface area contributed by atoms with Gasteiger partial charge in [0.1, 0.15) is 11.5 Å². The van der Waals surface area contributed by atoms with E-state index in [1.807, 2.05) is 59.6 Å². The molecule has 2 heterocycles. The fraction of sp³-hybridized carbons (Fsp3) is 0.273. The molecule has 0 N–H and O–H groups in total. The van der Waals surface area contributed by atoms with Gasteiger partial charge < -0.3 is 14.4 Å². The summed E-state index contributed by atoms with van der Waals surface area (Å²) < 4.78 is 12.7. The van der Waals surface area contributed by atoms with Gasteiger partial charge in [-0.05, 0) is 61.4 Å². The van der Waals surface area contributed by atoms with Gasteiger partial charge in [-0.2, -0.15) is 5.10 Å². The van der Waals surface area contributed by atoms with Crippen molar-refractivity contribution in [1.82, 2.24) is 14.7 Å². The van der Waals surface area contributed by atoms with Crippen LogP contribution in [0.1, 0.15) is 34.8 Å². The van der Waals surface area contributed by atoms with Crippen molar-refractivity contribution in [2.45, 2.75) is 18.9 Å². The summed E-state index contributed by atoms with van der Waals surface area (Å²) in [6.45, 7) is 0.727. The van der Waals surface area contributed by atoms with Crippen LogP contribution in [0.2, 0.25) is 0 Å². The lowest BCUT2D eigenvalue weighted by Crippen LogP contribution is -2.30. The first-order chi connectivity index (χ1) is 13.7. The van der Waals surface area contributed by atoms with Crippen molar-refractivity contribution in [3.8, 4) is 17.2 Å². The number of benzene rings is 2. The first-order valence-electron chi connectivity index (χ1n) is 9.34. The molecule has 1 aromatic heterocycles. The first-order valence-corrected chi connectivity index (χ1v) is 9.34. The van der Waals surface area contributed by atoms with Gasteiger partial charge in [0, 0.05) is 30.1 Å². The van der Waals surface area contributed by atoms with Crippen LogP contribution in [0.3, 0.4) is 0 Å². The quantitative estimate of drug-likeness (QED) is 0.677. The molecule has 1 fully saturated rings. The SMILES string of the molecule is COc1ccc(OC)c([C@H]2CCCN2C(=O)c2ccc(-n3cccn3)cc2)c1. The van der Waals surface area contributed by atoms with Crippen LogP contribution in [0.25, 0.3) is 5.69 Å². The number of hydrogen-bond donors (Lipinski definition) is 0. The second kappa shape index (κ2) is 7.76. The minimum absolute atomic E-state index is 0.0247. The highest BCUT2D eigenvalue weighted by atomic mass is 16.5. The zero-order chi connectivity index (χ0) is 19.5. The van der Waals surface area contributed by atoms with E-state index in [9.17, 15) is 4.79 Å². The fourth-order valence-corrected chi connectivity index (χ4v) is 3.78. The van der Waals surface area contributed by atoms with Crippen molar-refractivity contribution in [3.63, 3.8) is 0 Å². The Labute approximate surface area is 164 Å². The number of methoxy groups -OCH3 is 2. The number of carbonyl (C=O) groups excluding carboxylic acids is 1. The number of rotatable bonds is 5. The first kappa shape index (κ1) is 18.1. The third kappa shape index (κ3) is 3.33. The van der Waals surface area contributed by atoms with Crippen molar-refractivity contribution >= 4 is 5.91 Å². The number of nitrogens with zero attached hydrogens (tertiary/aromatic N) is 3. The minimum Gasteiger partial charge on any atom is -0.497 e. The van der Waals surface area contributed by atoms with E-state index in [2.05, 4.69) is 5.10 Å². The van der Waals surface area contributed by atoms with Gasteiger partial charge >= 0.3 is 0 Å². The summed E-state index contributed by atoms with van der Waals surface area (Å²) in [5.41, 5.74) is 2.58. The Hall–Kier alpha value is -3.28. The van der Waals surface area contributed by atoms with Gasteiger partial charge in [0.25, 0.3) is 5.91 Å². The lowest BCUT2D eigenvalue weighted by molar-refractivity contribution is 0.0734. The van der Waals surface area contributed by atoms with Crippen molar-refractivity contribution < 1.29 is 14.3 Å². The summed E-state index contributed by atoms with van der Waals surface area (Å²) in [4.78, 5) is 15.1. The van der Waals surface area contributed by atoms with Crippen molar-refractivity contribution in [2.75, 3.05) is 20.8 Å². The van der Waals surface area contributed by atoms with Gasteiger partial charge in [-0.3, -0.25) is 4.79 Å². The lowest BCUT2D eigenvalue weighted by atomic mass is 10.0. The van der Waals surface area contributed by atoms with E-state index < -0.39 is 0 Å². The van der Waals surface area contributed by atoms with Crippen molar-refractivity contribution in [1.29, 1.82) is 0 Å². The largest absolute Gasteiger partial charge is 0.497 e. The maximum Gasteiger partial charge on any atom is 0.254 e. The molecular weight excluding hydrogens is 354 g/mol. The molecule has 0 bridgehead atoms. The molecule has 3 aromatic rings. The number of aromatic nitrogens is 2. The third-order valence-corrected chi connectivity index (χ3v) is 5.19. The molecule has 6 heteroatoms. The molecule has 1 saturated heterocycles. The van der Waals surface area contributed by atoms with E-state index in [1.54, 1.807) is 25.1 Å². The van der Waals surface area contributed by atoms with Crippen LogP contribution in [0.15, 0.2) is 60.9 Å². The van der Waals surface area contributed by atoms with Crippen LogP contribution in [0.4, 0.5) is 0 Å². The zero-order valence-corrected chi connectivity index (χ0v) is 16.0. The highest BCUT2D eigenvalue weighted by molar-refractivity contribution is 5.95. The van der Waals surface area contributed by atoms with Crippen LogP contribution in [-0.2, 0) is 0 Å². The molecule has 0 saturated carbocycles. The average molecular weight is 377 g/mol. The second-order valence-electron chi connectivity index (χ2n) is 6.76. The van der Waals surface area contributed by atoms with Crippen LogP contribution in [0, 0.1) is 0 Å². The van der Waals surface area contributed by atoms with E-state index in [0.717, 1.165) is 42.1 Å². The molecule has 2 aromatic carbocycles. The Bertz CT molecular complexity index is 952. The molecule has 0 unspecified atom stereocenters. The van der Waals surface area contributed by atoms with Gasteiger partial charge in [-0.25, -0.2) is 4.68 Å². The molecule has 1 aliphatic rings. The second-order valence-corrected chi connectivity index (χ2v) is 6.76. The van der Waals surface area contributed by atoms with E-state index in [1.165, 1.54) is 0 Å². The fourth-order valence-electron chi connectivity index (χ4n) is 3.78. The van der Waals surface area contributed by atoms with E-state index in [4.69, 9.17) is 9.47 Å². The molecule has 0 radical (unpaired) electrons. The maximum atomic E-state index is 13.2. The molecular formula is C22H23N3O3. The predicted octanol–water partition coefficient (Wildman–Crippen LogP) is 3.87. The summed E-state index contributed by atoms with van der Waals surface area (Å²) in [7, 11) is 3.30. The van der Waals surface area contributed by atoms with Crippen LogP contribution in [-0.4, -0.2) is 41.4 Å². The summed E-state index contributed by atoms with van der Waals surface area (Å²) in [6, 6.07) is 15.1. The summed E-state index contributed by atoms with van der Waals surface area (Å²) in [5.74, 6) is 1.57. The van der Waals surface area contributed by atoms with Gasteiger partial charge in [0.15, 0.2) is 0 Å². The Morgan fingerprint density at radius 2 is 1.93 bits per heavy atom. The molecule has 0 spiro atoms. The average Bonchev–Trinajstić information content (AvgIpc) is 3.45. The standard InChI is InChI=1S/C22H23N3O3/c1-27-18-10-11-21(28-2)19(15-18)20-5-3-13-24(20)22(26)16-6-8-17(9-7-16)25-14-4-12-23-25/h4,6-12,14-15,20H,3,5,13H2,1-2H3/t20-/m1/s1. The molecule has 1 atom stereocenters. The Balaban J connectivity index is 1.61. The van der Waals surface area contributed by atoms with Gasteiger partial charge in [-0.15, -0.1) is 0 Å². The molecule has 28 heavy (non-hydrogen) atoms. The predicted molar refractivity (Wildman–Crippen MR) is 106 cm³/mol. The van der Waals surface area contributed by atoms with E-state index in [-0.39, 0.29) is 11.9 Å². The number of ether oxygens (including phenoxy) is 2. The number of hydrogen-bond acceptors (Lipinski definition) is 4. The van der Waals surface area contributed by atoms with E-state index >= 15 is 0 Å². The number of carbonyl (C=O) groups is 1. The minimum atomic E-state index is -0.0247. The monoisotopic (exact) mass is 377 g/mol. The summed E-state index contributed by atoms with van der Waals surface area (Å²) >= 11 is 0. The van der Waals surface area contributed by atoms with E-state index in [0.29, 0.717) is 5.56 Å². The molecule has 144 valence electrons. The topological polar surface area (TPSA) is 56.6 Å². The third-order valence-electron chi connectivity index (χ3n) is 5.19. The highest BCUT2D eigenvalue weighted by Gasteiger charge is 2.32. The van der Waals surface area contributed by atoms with Crippen LogP contribution < -0.4 is 9.47 Å². The summed E-state index contributed by atoms with van der Waals surface area (Å²) in [5, 5.41) is 4.22. The molecule has 4 rings (SSSR count). The number of likely N-dealkylation sites (tertiary alicyclic amines) is 1. The molecule has 1 aliphatic heterocycles. The Kier molecular flexibility index (Phi) is 5.02. The molecule has 0 aliphatic carbocycles. The Morgan fingerprint density at radius 3 is 2.61 bits per heavy atom.